The minimum Gasteiger partial charge on any atom is -0.465 e. The van der Waals surface area contributed by atoms with Crippen molar-refractivity contribution >= 4 is 5.97 Å². The van der Waals surface area contributed by atoms with Gasteiger partial charge in [-0.3, -0.25) is 9.69 Å². The van der Waals surface area contributed by atoms with Gasteiger partial charge >= 0.3 is 5.97 Å². The fraction of sp³-hybridized carbons (Fsp3) is 0.611. The average molecular weight is 287 g/mol. The van der Waals surface area contributed by atoms with Crippen LogP contribution in [0.3, 0.4) is 0 Å². The van der Waals surface area contributed by atoms with Crippen molar-refractivity contribution in [3.05, 3.63) is 35.9 Å². The molecule has 0 radical (unpaired) electrons. The summed E-state index contributed by atoms with van der Waals surface area (Å²) in [6.07, 6.45) is 2.35. The highest BCUT2D eigenvalue weighted by atomic mass is 16.5. The fourth-order valence-electron chi connectivity index (χ4n) is 4.36. The van der Waals surface area contributed by atoms with Crippen LogP contribution in [0.25, 0.3) is 0 Å². The zero-order valence-electron chi connectivity index (χ0n) is 13.2. The molecule has 1 aromatic rings. The van der Waals surface area contributed by atoms with E-state index >= 15 is 0 Å². The van der Waals surface area contributed by atoms with Crippen LogP contribution in [0.15, 0.2) is 30.3 Å². The van der Waals surface area contributed by atoms with Crippen LogP contribution in [-0.4, -0.2) is 29.6 Å². The average Bonchev–Trinajstić information content (AvgIpc) is 3.04. The van der Waals surface area contributed by atoms with E-state index in [1.807, 2.05) is 13.0 Å². The van der Waals surface area contributed by atoms with Crippen LogP contribution in [0.4, 0.5) is 0 Å². The number of ether oxygens (including phenoxy) is 1. The predicted molar refractivity (Wildman–Crippen MR) is 82.8 cm³/mol. The highest BCUT2D eigenvalue weighted by Gasteiger charge is 2.54. The van der Waals surface area contributed by atoms with E-state index in [1.165, 1.54) is 12.0 Å². The van der Waals surface area contributed by atoms with Crippen molar-refractivity contribution in [1.82, 2.24) is 4.90 Å². The van der Waals surface area contributed by atoms with E-state index < -0.39 is 0 Å². The third-order valence-electron chi connectivity index (χ3n) is 5.32. The van der Waals surface area contributed by atoms with Gasteiger partial charge < -0.3 is 4.74 Å². The van der Waals surface area contributed by atoms with Crippen molar-refractivity contribution in [2.45, 2.75) is 51.7 Å². The van der Waals surface area contributed by atoms with Gasteiger partial charge in [-0.1, -0.05) is 37.3 Å². The molecule has 1 heterocycles. The molecule has 1 saturated carbocycles. The molecule has 3 unspecified atom stereocenters. The zero-order valence-corrected chi connectivity index (χ0v) is 13.2. The van der Waals surface area contributed by atoms with Gasteiger partial charge in [0.1, 0.15) is 6.04 Å². The number of fused-ring (bicyclic) bond motifs is 2. The van der Waals surface area contributed by atoms with Gasteiger partial charge in [-0.2, -0.15) is 0 Å². The second-order valence-electron chi connectivity index (χ2n) is 6.50. The van der Waals surface area contributed by atoms with E-state index in [0.29, 0.717) is 24.5 Å². The van der Waals surface area contributed by atoms with Crippen molar-refractivity contribution in [2.75, 3.05) is 6.61 Å². The fourth-order valence-corrected chi connectivity index (χ4v) is 4.36. The number of benzene rings is 1. The van der Waals surface area contributed by atoms with Crippen LogP contribution < -0.4 is 0 Å². The normalized spacial score (nSPS) is 33.1. The SMILES string of the molecule is CCOC(=O)[C@@H]1C2CC(CC2C)N1[C@H](C)c1ccccc1. The lowest BCUT2D eigenvalue weighted by atomic mass is 9.88. The second kappa shape index (κ2) is 5.80. The Bertz CT molecular complexity index is 501. The molecule has 5 atom stereocenters. The van der Waals surface area contributed by atoms with Crippen LogP contribution in [0.2, 0.25) is 0 Å². The Morgan fingerprint density at radius 2 is 2.05 bits per heavy atom. The zero-order chi connectivity index (χ0) is 15.0. The number of nitrogens with zero attached hydrogens (tertiary/aromatic N) is 1. The number of carbonyl (C=O) groups excluding carboxylic acids is 1. The molecule has 3 heteroatoms. The predicted octanol–water partition coefficient (Wildman–Crippen LogP) is 3.41. The highest BCUT2D eigenvalue weighted by molar-refractivity contribution is 5.77. The molecule has 1 aliphatic carbocycles. The first kappa shape index (κ1) is 14.6. The number of piperidine rings is 1. The minimum atomic E-state index is -0.0612. The van der Waals surface area contributed by atoms with Gasteiger partial charge in [0.05, 0.1) is 6.61 Å². The van der Waals surface area contributed by atoms with Gasteiger partial charge in [0, 0.05) is 12.1 Å². The molecule has 3 rings (SSSR count). The van der Waals surface area contributed by atoms with Crippen molar-refractivity contribution in [3.8, 4) is 0 Å². The van der Waals surface area contributed by atoms with Crippen LogP contribution in [0.5, 0.6) is 0 Å². The molecule has 0 aromatic heterocycles. The summed E-state index contributed by atoms with van der Waals surface area (Å²) in [6, 6.07) is 11.2. The number of hydrogen-bond donors (Lipinski definition) is 0. The Morgan fingerprint density at radius 1 is 1.33 bits per heavy atom. The lowest BCUT2D eigenvalue weighted by Gasteiger charge is -2.40. The third-order valence-corrected chi connectivity index (χ3v) is 5.32. The Morgan fingerprint density at radius 3 is 2.71 bits per heavy atom. The Labute approximate surface area is 127 Å². The van der Waals surface area contributed by atoms with E-state index in [-0.39, 0.29) is 18.1 Å². The molecular formula is C18H25NO2. The number of carbonyl (C=O) groups is 1. The van der Waals surface area contributed by atoms with E-state index in [0.717, 1.165) is 6.42 Å². The van der Waals surface area contributed by atoms with Crippen LogP contribution >= 0.6 is 0 Å². The minimum absolute atomic E-state index is 0.0284. The molecule has 114 valence electrons. The lowest BCUT2D eigenvalue weighted by molar-refractivity contribution is -0.153. The molecular weight excluding hydrogens is 262 g/mol. The summed E-state index contributed by atoms with van der Waals surface area (Å²) < 4.78 is 5.36. The van der Waals surface area contributed by atoms with Gasteiger partial charge in [0.2, 0.25) is 0 Å². The third kappa shape index (κ3) is 2.48. The summed E-state index contributed by atoms with van der Waals surface area (Å²) in [5.74, 6) is 1.06. The summed E-state index contributed by atoms with van der Waals surface area (Å²) in [5.41, 5.74) is 1.28. The number of rotatable bonds is 4. The second-order valence-corrected chi connectivity index (χ2v) is 6.50. The summed E-state index contributed by atoms with van der Waals surface area (Å²) in [4.78, 5) is 14.9. The van der Waals surface area contributed by atoms with Crippen molar-refractivity contribution in [3.63, 3.8) is 0 Å². The van der Waals surface area contributed by atoms with Gasteiger partial charge in [-0.05, 0) is 44.1 Å². The molecule has 1 aliphatic heterocycles. The first-order valence-electron chi connectivity index (χ1n) is 8.12. The molecule has 1 saturated heterocycles. The maximum absolute atomic E-state index is 12.5. The topological polar surface area (TPSA) is 29.5 Å². The maximum Gasteiger partial charge on any atom is 0.323 e. The molecule has 2 bridgehead atoms. The van der Waals surface area contributed by atoms with E-state index in [1.54, 1.807) is 0 Å². The van der Waals surface area contributed by atoms with E-state index in [9.17, 15) is 4.79 Å². The van der Waals surface area contributed by atoms with Crippen molar-refractivity contribution in [2.24, 2.45) is 11.8 Å². The smallest absolute Gasteiger partial charge is 0.323 e. The molecule has 0 N–H and O–H groups in total. The summed E-state index contributed by atoms with van der Waals surface area (Å²) in [5, 5.41) is 0. The molecule has 1 aromatic carbocycles. The Hall–Kier alpha value is -1.35. The first-order chi connectivity index (χ1) is 10.1. The summed E-state index contributed by atoms with van der Waals surface area (Å²) in [7, 11) is 0. The number of hydrogen-bond acceptors (Lipinski definition) is 3. The van der Waals surface area contributed by atoms with Crippen molar-refractivity contribution in [1.29, 1.82) is 0 Å². The standard InChI is InChI=1S/C18H25NO2/c1-4-21-18(20)17-16-11-15(10-12(16)2)19(17)13(3)14-8-6-5-7-9-14/h5-9,12-13,15-17H,4,10-11H2,1-3H3/t12?,13-,15?,16?,17+/m1/s1. The quantitative estimate of drug-likeness (QED) is 0.795. The van der Waals surface area contributed by atoms with Gasteiger partial charge in [-0.15, -0.1) is 0 Å². The highest BCUT2D eigenvalue weighted by Crippen LogP contribution is 2.49. The summed E-state index contributed by atoms with van der Waals surface area (Å²) >= 11 is 0. The number of likely N-dealkylation sites (tertiary alicyclic amines) is 1. The molecule has 3 nitrogen and oxygen atoms in total. The van der Waals surface area contributed by atoms with Crippen LogP contribution in [-0.2, 0) is 9.53 Å². The monoisotopic (exact) mass is 287 g/mol. The van der Waals surface area contributed by atoms with Gasteiger partial charge in [0.25, 0.3) is 0 Å². The summed E-state index contributed by atoms with van der Waals surface area (Å²) in [6.45, 7) is 6.85. The molecule has 2 fully saturated rings. The van der Waals surface area contributed by atoms with Crippen LogP contribution in [0, 0.1) is 11.8 Å². The lowest BCUT2D eigenvalue weighted by Crippen LogP contribution is -2.49. The van der Waals surface area contributed by atoms with Gasteiger partial charge in [-0.25, -0.2) is 0 Å². The van der Waals surface area contributed by atoms with E-state index in [2.05, 4.69) is 43.0 Å². The number of esters is 1. The Balaban J connectivity index is 1.87. The largest absolute Gasteiger partial charge is 0.465 e. The first-order valence-corrected chi connectivity index (χ1v) is 8.12. The molecule has 0 amide bonds. The maximum atomic E-state index is 12.5. The molecule has 0 spiro atoms. The van der Waals surface area contributed by atoms with E-state index in [4.69, 9.17) is 4.74 Å². The van der Waals surface area contributed by atoms with Crippen molar-refractivity contribution < 1.29 is 9.53 Å². The van der Waals surface area contributed by atoms with Gasteiger partial charge in [0.15, 0.2) is 0 Å². The van der Waals surface area contributed by atoms with Crippen LogP contribution in [0.1, 0.15) is 45.2 Å². The Kier molecular flexibility index (Phi) is 4.03. The molecule has 21 heavy (non-hydrogen) atoms. The molecule has 2 aliphatic rings.